The third-order valence-corrected chi connectivity index (χ3v) is 4.09. The molecule has 6 nitrogen and oxygen atoms in total. The van der Waals surface area contributed by atoms with Gasteiger partial charge in [-0.05, 0) is 36.4 Å². The highest BCUT2D eigenvalue weighted by molar-refractivity contribution is 6.14. The first-order valence-electron chi connectivity index (χ1n) is 7.81. The van der Waals surface area contributed by atoms with Crippen LogP contribution < -0.4 is 20.7 Å². The standard InChI is InChI=1S/C18H22N4O2/c1-22(13-7-9-14(24-2)10-8-13)17-15-5-3-4-6-16(15)20-18(19,21-17)11-12-23/h3-10,20,23H,11-12,19H2,1-2H3. The largest absolute Gasteiger partial charge is 0.497 e. The normalized spacial score (nSPS) is 19.1. The van der Waals surface area contributed by atoms with E-state index in [9.17, 15) is 5.11 Å². The van der Waals surface area contributed by atoms with E-state index in [-0.39, 0.29) is 6.61 Å². The molecule has 2 aromatic rings. The third-order valence-electron chi connectivity index (χ3n) is 4.09. The quantitative estimate of drug-likeness (QED) is 0.800. The lowest BCUT2D eigenvalue weighted by Gasteiger charge is -2.36. The summed E-state index contributed by atoms with van der Waals surface area (Å²) in [6.45, 7) is -0.0469. The number of rotatable bonds is 4. The Morgan fingerprint density at radius 3 is 2.58 bits per heavy atom. The van der Waals surface area contributed by atoms with Gasteiger partial charge in [0.05, 0.1) is 7.11 Å². The Kier molecular flexibility index (Phi) is 4.42. The average molecular weight is 326 g/mol. The second-order valence-corrected chi connectivity index (χ2v) is 5.76. The van der Waals surface area contributed by atoms with Crippen molar-refractivity contribution in [1.82, 2.24) is 0 Å². The Morgan fingerprint density at radius 2 is 1.92 bits per heavy atom. The van der Waals surface area contributed by atoms with Crippen LogP contribution in [0, 0.1) is 0 Å². The Labute approximate surface area is 141 Å². The SMILES string of the molecule is COc1ccc(N(C)C2=NC(N)(CCO)Nc3ccccc32)cc1. The van der Waals surface area contributed by atoms with Crippen LogP contribution in [0.2, 0.25) is 0 Å². The number of aliphatic hydroxyl groups excluding tert-OH is 1. The first-order chi connectivity index (χ1) is 11.6. The van der Waals surface area contributed by atoms with Crippen LogP contribution in [0.3, 0.4) is 0 Å². The second-order valence-electron chi connectivity index (χ2n) is 5.76. The zero-order valence-corrected chi connectivity index (χ0v) is 13.9. The molecule has 0 saturated carbocycles. The minimum absolute atomic E-state index is 0.0469. The zero-order valence-electron chi connectivity index (χ0n) is 13.9. The number of nitrogens with two attached hydrogens (primary N) is 1. The van der Waals surface area contributed by atoms with Gasteiger partial charge in [-0.3, -0.25) is 5.73 Å². The molecular weight excluding hydrogens is 304 g/mol. The fourth-order valence-electron chi connectivity index (χ4n) is 2.77. The predicted octanol–water partition coefficient (Wildman–Crippen LogP) is 2.00. The number of fused-ring (bicyclic) bond motifs is 1. The smallest absolute Gasteiger partial charge is 0.186 e. The summed E-state index contributed by atoms with van der Waals surface area (Å²) in [4.78, 5) is 6.67. The van der Waals surface area contributed by atoms with Crippen molar-refractivity contribution >= 4 is 17.2 Å². The molecule has 126 valence electrons. The summed E-state index contributed by atoms with van der Waals surface area (Å²) in [6.07, 6.45) is 0.321. The average Bonchev–Trinajstić information content (AvgIpc) is 2.60. The molecule has 0 spiro atoms. The number of nitrogens with zero attached hydrogens (tertiary/aromatic N) is 2. The highest BCUT2D eigenvalue weighted by atomic mass is 16.5. The fourth-order valence-corrected chi connectivity index (χ4v) is 2.77. The molecule has 0 radical (unpaired) electrons. The van der Waals surface area contributed by atoms with Crippen LogP contribution in [0.1, 0.15) is 12.0 Å². The number of aliphatic hydroxyl groups is 1. The zero-order chi connectivity index (χ0) is 17.2. The molecule has 3 rings (SSSR count). The van der Waals surface area contributed by atoms with Gasteiger partial charge in [0.2, 0.25) is 0 Å². The fraction of sp³-hybridized carbons (Fsp3) is 0.278. The number of anilines is 2. The predicted molar refractivity (Wildman–Crippen MR) is 96.6 cm³/mol. The van der Waals surface area contributed by atoms with Gasteiger partial charge in [-0.1, -0.05) is 12.1 Å². The maximum absolute atomic E-state index is 9.31. The van der Waals surface area contributed by atoms with Crippen molar-refractivity contribution in [2.45, 2.75) is 12.2 Å². The molecular formula is C18H22N4O2. The van der Waals surface area contributed by atoms with E-state index in [0.29, 0.717) is 6.42 Å². The molecule has 0 amide bonds. The van der Waals surface area contributed by atoms with Gasteiger partial charge in [0, 0.05) is 37.0 Å². The van der Waals surface area contributed by atoms with Gasteiger partial charge in [0.1, 0.15) is 11.6 Å². The van der Waals surface area contributed by atoms with Crippen molar-refractivity contribution in [3.05, 3.63) is 54.1 Å². The molecule has 4 N–H and O–H groups in total. The molecule has 0 aliphatic carbocycles. The summed E-state index contributed by atoms with van der Waals surface area (Å²) >= 11 is 0. The molecule has 2 aromatic carbocycles. The van der Waals surface area contributed by atoms with Crippen LogP contribution in [0.15, 0.2) is 53.5 Å². The van der Waals surface area contributed by atoms with Crippen molar-refractivity contribution in [3.63, 3.8) is 0 Å². The molecule has 0 aromatic heterocycles. The topological polar surface area (TPSA) is 83.1 Å². The van der Waals surface area contributed by atoms with E-state index >= 15 is 0 Å². The summed E-state index contributed by atoms with van der Waals surface area (Å²) in [5, 5.41) is 12.5. The van der Waals surface area contributed by atoms with Crippen molar-refractivity contribution in [1.29, 1.82) is 0 Å². The number of ether oxygens (including phenoxy) is 1. The van der Waals surface area contributed by atoms with Gasteiger partial charge >= 0.3 is 0 Å². The van der Waals surface area contributed by atoms with Crippen molar-refractivity contribution in [3.8, 4) is 5.75 Å². The molecule has 1 atom stereocenters. The minimum atomic E-state index is -1.03. The number of hydrogen-bond acceptors (Lipinski definition) is 6. The van der Waals surface area contributed by atoms with E-state index in [1.807, 2.05) is 60.5 Å². The van der Waals surface area contributed by atoms with Gasteiger partial charge < -0.3 is 20.1 Å². The lowest BCUT2D eigenvalue weighted by molar-refractivity contribution is 0.252. The van der Waals surface area contributed by atoms with Crippen LogP contribution in [0.4, 0.5) is 11.4 Å². The van der Waals surface area contributed by atoms with E-state index in [1.165, 1.54) is 0 Å². The van der Waals surface area contributed by atoms with Gasteiger partial charge in [0.25, 0.3) is 0 Å². The van der Waals surface area contributed by atoms with E-state index in [4.69, 9.17) is 10.5 Å². The Bertz CT molecular complexity index is 745. The summed E-state index contributed by atoms with van der Waals surface area (Å²) in [7, 11) is 3.59. The van der Waals surface area contributed by atoms with Crippen molar-refractivity contribution in [2.24, 2.45) is 10.7 Å². The summed E-state index contributed by atoms with van der Waals surface area (Å²) in [6, 6.07) is 15.6. The number of methoxy groups -OCH3 is 1. The van der Waals surface area contributed by atoms with E-state index in [2.05, 4.69) is 10.3 Å². The van der Waals surface area contributed by atoms with Crippen LogP contribution >= 0.6 is 0 Å². The molecule has 0 fully saturated rings. The molecule has 1 aliphatic rings. The van der Waals surface area contributed by atoms with Crippen LogP contribution in [0.5, 0.6) is 5.75 Å². The number of hydrogen-bond donors (Lipinski definition) is 3. The molecule has 1 heterocycles. The molecule has 0 saturated heterocycles. The first-order valence-corrected chi connectivity index (χ1v) is 7.81. The van der Waals surface area contributed by atoms with Gasteiger partial charge in [-0.25, -0.2) is 4.99 Å². The first kappa shape index (κ1) is 16.3. The lowest BCUT2D eigenvalue weighted by Crippen LogP contribution is -2.51. The molecule has 0 bridgehead atoms. The number of para-hydroxylation sites is 1. The Morgan fingerprint density at radius 1 is 1.21 bits per heavy atom. The summed E-state index contributed by atoms with van der Waals surface area (Å²) in [5.74, 6) is 0.526. The summed E-state index contributed by atoms with van der Waals surface area (Å²) in [5.41, 5.74) is 9.17. The van der Waals surface area contributed by atoms with Crippen molar-refractivity contribution < 1.29 is 9.84 Å². The van der Waals surface area contributed by atoms with Crippen LogP contribution in [0.25, 0.3) is 0 Å². The number of aliphatic imine (C=N–C) groups is 1. The molecule has 1 aliphatic heterocycles. The second kappa shape index (κ2) is 6.51. The van der Waals surface area contributed by atoms with Gasteiger partial charge in [-0.2, -0.15) is 0 Å². The number of amidine groups is 1. The summed E-state index contributed by atoms with van der Waals surface area (Å²) < 4.78 is 5.21. The van der Waals surface area contributed by atoms with Crippen LogP contribution in [-0.2, 0) is 0 Å². The Balaban J connectivity index is 2.02. The van der Waals surface area contributed by atoms with Gasteiger partial charge in [0.15, 0.2) is 5.79 Å². The highest BCUT2D eigenvalue weighted by Gasteiger charge is 2.31. The maximum Gasteiger partial charge on any atom is 0.186 e. The molecule has 6 heteroatoms. The Hall–Kier alpha value is -2.57. The monoisotopic (exact) mass is 326 g/mol. The minimum Gasteiger partial charge on any atom is -0.497 e. The van der Waals surface area contributed by atoms with Crippen molar-refractivity contribution in [2.75, 3.05) is 31.0 Å². The van der Waals surface area contributed by atoms with E-state index in [1.54, 1.807) is 7.11 Å². The molecule has 1 unspecified atom stereocenters. The number of nitrogens with one attached hydrogen (secondary N) is 1. The van der Waals surface area contributed by atoms with E-state index < -0.39 is 5.79 Å². The lowest BCUT2D eigenvalue weighted by atomic mass is 10.1. The maximum atomic E-state index is 9.31. The van der Waals surface area contributed by atoms with E-state index in [0.717, 1.165) is 28.5 Å². The highest BCUT2D eigenvalue weighted by Crippen LogP contribution is 2.30. The number of benzene rings is 2. The van der Waals surface area contributed by atoms with Crippen LogP contribution in [-0.4, -0.2) is 37.5 Å². The third kappa shape index (κ3) is 3.06. The van der Waals surface area contributed by atoms with Gasteiger partial charge in [-0.15, -0.1) is 0 Å². The molecule has 24 heavy (non-hydrogen) atoms.